The Bertz CT molecular complexity index is 74.4. The van der Waals surface area contributed by atoms with E-state index in [2.05, 4.69) is 23.4 Å². The number of hydrogen-bond acceptors (Lipinski definition) is 4. The summed E-state index contributed by atoms with van der Waals surface area (Å²) in [6.45, 7) is 2.19. The molecule has 2 atom stereocenters. The molecule has 1 fully saturated rings. The Morgan fingerprint density at radius 3 is 2.62 bits per heavy atom. The molecule has 1 aliphatic carbocycles. The van der Waals surface area contributed by atoms with E-state index in [9.17, 15) is 0 Å². The molecule has 1 saturated carbocycles. The van der Waals surface area contributed by atoms with E-state index in [-0.39, 0.29) is 0 Å². The first-order chi connectivity index (χ1) is 3.84. The normalized spacial score (nSPS) is 35.2. The Morgan fingerprint density at radius 2 is 2.25 bits per heavy atom. The molecule has 1 unspecified atom stereocenters. The van der Waals surface area contributed by atoms with Gasteiger partial charge in [-0.3, -0.25) is 5.84 Å². The highest BCUT2D eigenvalue weighted by molar-refractivity contribution is 4.87. The van der Waals surface area contributed by atoms with Crippen LogP contribution in [0.4, 0.5) is 0 Å². The maximum Gasteiger partial charge on any atom is 0.0255 e. The number of nitrogens with two attached hydrogens (primary N) is 1. The van der Waals surface area contributed by atoms with Crippen LogP contribution in [0.25, 0.3) is 0 Å². The molecule has 0 aromatic heterocycles. The van der Waals surface area contributed by atoms with Gasteiger partial charge in [0.2, 0.25) is 0 Å². The van der Waals surface area contributed by atoms with Crippen molar-refractivity contribution in [1.82, 2.24) is 16.5 Å². The Labute approximate surface area is 48.7 Å². The lowest BCUT2D eigenvalue weighted by Crippen LogP contribution is -2.48. The van der Waals surface area contributed by atoms with Gasteiger partial charge in [-0.25, -0.2) is 5.43 Å². The van der Waals surface area contributed by atoms with Crippen molar-refractivity contribution in [3.05, 3.63) is 0 Å². The fraction of sp³-hybridized carbons (Fsp3) is 1.00. The van der Waals surface area contributed by atoms with Gasteiger partial charge in [0.15, 0.2) is 0 Å². The highest BCUT2D eigenvalue weighted by atomic mass is 15.7. The number of hydrazine groups is 3. The van der Waals surface area contributed by atoms with Crippen LogP contribution in [0.15, 0.2) is 0 Å². The first-order valence-corrected chi connectivity index (χ1v) is 2.80. The predicted molar refractivity (Wildman–Crippen MR) is 31.2 cm³/mol. The van der Waals surface area contributed by atoms with Gasteiger partial charge in [0.05, 0.1) is 0 Å². The van der Waals surface area contributed by atoms with Gasteiger partial charge in [0.25, 0.3) is 0 Å². The smallest absolute Gasteiger partial charge is 0.0255 e. The molecule has 0 bridgehead atoms. The molecule has 0 spiro atoms. The second-order valence-electron chi connectivity index (χ2n) is 2.23. The van der Waals surface area contributed by atoms with E-state index in [0.717, 1.165) is 5.92 Å². The zero-order chi connectivity index (χ0) is 5.98. The van der Waals surface area contributed by atoms with E-state index in [1.807, 2.05) is 0 Å². The third-order valence-electron chi connectivity index (χ3n) is 1.44. The van der Waals surface area contributed by atoms with Crippen LogP contribution in [0.5, 0.6) is 0 Å². The SMILES string of the molecule is C[C@@H]1CC1NNNN. The van der Waals surface area contributed by atoms with Gasteiger partial charge in [-0.15, -0.1) is 0 Å². The molecule has 48 valence electrons. The maximum absolute atomic E-state index is 4.93. The minimum Gasteiger partial charge on any atom is -0.257 e. The van der Waals surface area contributed by atoms with E-state index in [1.165, 1.54) is 6.42 Å². The van der Waals surface area contributed by atoms with E-state index in [1.54, 1.807) is 0 Å². The molecular weight excluding hydrogens is 104 g/mol. The van der Waals surface area contributed by atoms with Gasteiger partial charge >= 0.3 is 0 Å². The van der Waals surface area contributed by atoms with Crippen LogP contribution in [0.2, 0.25) is 0 Å². The molecule has 4 nitrogen and oxygen atoms in total. The highest BCUT2D eigenvalue weighted by Gasteiger charge is 2.31. The zero-order valence-electron chi connectivity index (χ0n) is 4.94. The molecule has 0 aliphatic heterocycles. The molecule has 0 aromatic rings. The molecule has 4 heteroatoms. The van der Waals surface area contributed by atoms with Gasteiger partial charge < -0.3 is 0 Å². The van der Waals surface area contributed by atoms with Crippen LogP contribution in [0.3, 0.4) is 0 Å². The lowest BCUT2D eigenvalue weighted by Gasteiger charge is -2.00. The minimum absolute atomic E-state index is 0.617. The second-order valence-corrected chi connectivity index (χ2v) is 2.23. The van der Waals surface area contributed by atoms with Crippen molar-refractivity contribution in [1.29, 1.82) is 0 Å². The standard InChI is InChI=1S/C4H12N4/c1-3-2-4(3)6-8-7-5/h3-4,6-8H,2,5H2,1H3/t3-,4?/m1/s1. The van der Waals surface area contributed by atoms with E-state index >= 15 is 0 Å². The summed E-state index contributed by atoms with van der Waals surface area (Å²) in [5.41, 5.74) is 7.89. The molecule has 5 N–H and O–H groups in total. The summed E-state index contributed by atoms with van der Waals surface area (Å²) < 4.78 is 0. The van der Waals surface area contributed by atoms with Crippen LogP contribution in [-0.4, -0.2) is 6.04 Å². The zero-order valence-corrected chi connectivity index (χ0v) is 4.94. The molecule has 1 rings (SSSR count). The molecule has 8 heavy (non-hydrogen) atoms. The number of rotatable bonds is 3. The van der Waals surface area contributed by atoms with Crippen LogP contribution < -0.4 is 22.3 Å². The molecule has 0 aromatic carbocycles. The van der Waals surface area contributed by atoms with E-state index in [4.69, 9.17) is 5.84 Å². The molecule has 0 amide bonds. The summed E-state index contributed by atoms with van der Waals surface area (Å²) in [5, 5.41) is 0. The van der Waals surface area contributed by atoms with Gasteiger partial charge in [-0.1, -0.05) is 6.92 Å². The lowest BCUT2D eigenvalue weighted by molar-refractivity contribution is 0.431. The van der Waals surface area contributed by atoms with Crippen LogP contribution >= 0.6 is 0 Å². The Morgan fingerprint density at radius 1 is 1.62 bits per heavy atom. The van der Waals surface area contributed by atoms with Crippen molar-refractivity contribution in [3.8, 4) is 0 Å². The molecular formula is C4H12N4. The average Bonchev–Trinajstić information content (AvgIpc) is 2.42. The summed E-state index contributed by atoms with van der Waals surface area (Å²) in [5.74, 6) is 5.73. The summed E-state index contributed by atoms with van der Waals surface area (Å²) >= 11 is 0. The lowest BCUT2D eigenvalue weighted by atomic mass is 10.5. The fourth-order valence-corrected chi connectivity index (χ4v) is 0.658. The predicted octanol–water partition coefficient (Wildman–Crippen LogP) is -1.13. The summed E-state index contributed by atoms with van der Waals surface area (Å²) in [4.78, 5) is 0. The maximum atomic E-state index is 4.93. The second kappa shape index (κ2) is 2.41. The van der Waals surface area contributed by atoms with Crippen molar-refractivity contribution in [2.24, 2.45) is 11.8 Å². The van der Waals surface area contributed by atoms with Crippen molar-refractivity contribution in [2.75, 3.05) is 0 Å². The molecule has 0 saturated heterocycles. The third-order valence-corrected chi connectivity index (χ3v) is 1.44. The van der Waals surface area contributed by atoms with Crippen LogP contribution in [-0.2, 0) is 0 Å². The van der Waals surface area contributed by atoms with Crippen molar-refractivity contribution in [2.45, 2.75) is 19.4 Å². The summed E-state index contributed by atoms with van der Waals surface area (Å²) in [6, 6.07) is 0.617. The van der Waals surface area contributed by atoms with Crippen LogP contribution in [0, 0.1) is 5.92 Å². The van der Waals surface area contributed by atoms with Crippen molar-refractivity contribution in [3.63, 3.8) is 0 Å². The first-order valence-electron chi connectivity index (χ1n) is 2.80. The minimum atomic E-state index is 0.617. The van der Waals surface area contributed by atoms with Gasteiger partial charge in [-0.2, -0.15) is 11.1 Å². The van der Waals surface area contributed by atoms with E-state index in [0.29, 0.717) is 6.04 Å². The largest absolute Gasteiger partial charge is 0.257 e. The number of nitrogens with one attached hydrogen (secondary N) is 3. The Hall–Kier alpha value is -0.160. The van der Waals surface area contributed by atoms with Gasteiger partial charge in [-0.05, 0) is 12.3 Å². The highest BCUT2D eigenvalue weighted by Crippen LogP contribution is 2.27. The molecule has 0 radical (unpaired) electrons. The Kier molecular flexibility index (Phi) is 1.80. The first kappa shape index (κ1) is 5.97. The Balaban J connectivity index is 1.89. The van der Waals surface area contributed by atoms with E-state index < -0.39 is 0 Å². The van der Waals surface area contributed by atoms with Gasteiger partial charge in [0, 0.05) is 6.04 Å². The topological polar surface area (TPSA) is 62.1 Å². The fourth-order valence-electron chi connectivity index (χ4n) is 0.658. The van der Waals surface area contributed by atoms with Crippen molar-refractivity contribution >= 4 is 0 Å². The van der Waals surface area contributed by atoms with Crippen molar-refractivity contribution < 1.29 is 0 Å². The average molecular weight is 116 g/mol. The quantitative estimate of drug-likeness (QED) is 0.278. The summed E-state index contributed by atoms with van der Waals surface area (Å²) in [7, 11) is 0. The molecule has 1 aliphatic rings. The molecule has 0 heterocycles. The monoisotopic (exact) mass is 116 g/mol. The van der Waals surface area contributed by atoms with Gasteiger partial charge in [0.1, 0.15) is 0 Å². The summed E-state index contributed by atoms with van der Waals surface area (Å²) in [6.07, 6.45) is 1.24. The third kappa shape index (κ3) is 1.41. The number of hydrogen-bond donors (Lipinski definition) is 4. The van der Waals surface area contributed by atoms with Crippen LogP contribution in [0.1, 0.15) is 13.3 Å².